The molecular weight excluding hydrogens is 290 g/mol. The Morgan fingerprint density at radius 1 is 1.24 bits per heavy atom. The molecule has 2 aromatic rings. The van der Waals surface area contributed by atoms with Crippen molar-refractivity contribution in [1.29, 1.82) is 0 Å². The summed E-state index contributed by atoms with van der Waals surface area (Å²) in [7, 11) is 0. The zero-order valence-electron chi connectivity index (χ0n) is 12.3. The largest absolute Gasteiger partial charge is 0.478 e. The Morgan fingerprint density at radius 3 is 2.57 bits per heavy atom. The van der Waals surface area contributed by atoms with Gasteiger partial charge in [-0.1, -0.05) is 12.1 Å². The number of hydrogen-bond acceptors (Lipinski definition) is 3. The van der Waals surface area contributed by atoms with Crippen molar-refractivity contribution >= 4 is 18.4 Å². The maximum atomic E-state index is 11.0. The second kappa shape index (κ2) is 6.78. The number of furan rings is 1. The van der Waals surface area contributed by atoms with Crippen LogP contribution in [-0.4, -0.2) is 16.6 Å². The minimum absolute atomic E-state index is 0. The van der Waals surface area contributed by atoms with E-state index in [1.165, 1.54) is 0 Å². The van der Waals surface area contributed by atoms with Gasteiger partial charge in [-0.15, -0.1) is 12.4 Å². The van der Waals surface area contributed by atoms with Gasteiger partial charge in [0.15, 0.2) is 0 Å². The fraction of sp³-hybridized carbons (Fsp3) is 0.312. The minimum atomic E-state index is -0.937. The first-order valence-corrected chi connectivity index (χ1v) is 6.53. The van der Waals surface area contributed by atoms with E-state index in [0.717, 1.165) is 11.3 Å². The molecule has 0 aliphatic heterocycles. The van der Waals surface area contributed by atoms with Crippen molar-refractivity contribution in [3.05, 3.63) is 47.7 Å². The van der Waals surface area contributed by atoms with Gasteiger partial charge < -0.3 is 14.8 Å². The van der Waals surface area contributed by atoms with E-state index in [0.29, 0.717) is 12.3 Å². The van der Waals surface area contributed by atoms with Crippen LogP contribution in [0.3, 0.4) is 0 Å². The predicted molar refractivity (Wildman–Crippen MR) is 84.9 cm³/mol. The van der Waals surface area contributed by atoms with E-state index in [1.54, 1.807) is 18.2 Å². The lowest BCUT2D eigenvalue weighted by Gasteiger charge is -2.19. The predicted octanol–water partition coefficient (Wildman–Crippen LogP) is 3.95. The quantitative estimate of drug-likeness (QED) is 0.897. The average Bonchev–Trinajstić information content (AvgIpc) is 2.84. The maximum Gasteiger partial charge on any atom is 0.335 e. The molecule has 1 aromatic carbocycles. The Morgan fingerprint density at radius 2 is 1.95 bits per heavy atom. The van der Waals surface area contributed by atoms with E-state index in [2.05, 4.69) is 26.1 Å². The molecule has 21 heavy (non-hydrogen) atoms. The van der Waals surface area contributed by atoms with Gasteiger partial charge in [-0.2, -0.15) is 0 Å². The lowest BCUT2D eigenvalue weighted by Crippen LogP contribution is -2.34. The number of nitrogens with one attached hydrogen (secondary N) is 1. The third-order valence-electron chi connectivity index (χ3n) is 2.85. The van der Waals surface area contributed by atoms with E-state index in [4.69, 9.17) is 9.52 Å². The van der Waals surface area contributed by atoms with Crippen LogP contribution < -0.4 is 5.32 Å². The smallest absolute Gasteiger partial charge is 0.335 e. The summed E-state index contributed by atoms with van der Waals surface area (Å²) in [5, 5.41) is 12.3. The monoisotopic (exact) mass is 309 g/mol. The molecule has 114 valence electrons. The molecule has 0 spiro atoms. The Labute approximate surface area is 130 Å². The molecule has 4 nitrogen and oxygen atoms in total. The molecule has 1 aromatic heterocycles. The van der Waals surface area contributed by atoms with E-state index < -0.39 is 5.97 Å². The summed E-state index contributed by atoms with van der Waals surface area (Å²) in [4.78, 5) is 11.0. The molecular formula is C16H20ClNO3. The van der Waals surface area contributed by atoms with E-state index in [1.807, 2.05) is 18.2 Å². The lowest BCUT2D eigenvalue weighted by molar-refractivity contribution is 0.0697. The molecule has 5 heteroatoms. The third-order valence-corrected chi connectivity index (χ3v) is 2.85. The molecule has 2 rings (SSSR count). The highest BCUT2D eigenvalue weighted by Crippen LogP contribution is 2.23. The van der Waals surface area contributed by atoms with E-state index in [-0.39, 0.29) is 23.5 Å². The number of carboxylic acid groups (broad SMARTS) is 1. The second-order valence-corrected chi connectivity index (χ2v) is 5.76. The first-order valence-electron chi connectivity index (χ1n) is 6.53. The number of aromatic carboxylic acids is 1. The van der Waals surface area contributed by atoms with Gasteiger partial charge in [-0.25, -0.2) is 4.79 Å². The molecule has 1 heterocycles. The first kappa shape index (κ1) is 17.3. The van der Waals surface area contributed by atoms with Crippen LogP contribution in [0.15, 0.2) is 40.8 Å². The molecule has 0 fully saturated rings. The van der Waals surface area contributed by atoms with Gasteiger partial charge in [0.1, 0.15) is 11.5 Å². The molecule has 0 amide bonds. The highest BCUT2D eigenvalue weighted by molar-refractivity contribution is 5.89. The van der Waals surface area contributed by atoms with Gasteiger partial charge in [-0.05, 0) is 45.0 Å². The van der Waals surface area contributed by atoms with Gasteiger partial charge in [0, 0.05) is 11.1 Å². The highest BCUT2D eigenvalue weighted by atomic mass is 35.5. The Kier molecular flexibility index (Phi) is 5.58. The summed E-state index contributed by atoms with van der Waals surface area (Å²) >= 11 is 0. The van der Waals surface area contributed by atoms with Crippen LogP contribution in [-0.2, 0) is 6.54 Å². The Hall–Kier alpha value is -1.78. The van der Waals surface area contributed by atoms with Crippen molar-refractivity contribution in [3.8, 4) is 11.3 Å². The maximum absolute atomic E-state index is 11.0. The van der Waals surface area contributed by atoms with Gasteiger partial charge in [-0.3, -0.25) is 0 Å². The Bertz CT molecular complexity index is 614. The van der Waals surface area contributed by atoms with Gasteiger partial charge >= 0.3 is 5.97 Å². The zero-order chi connectivity index (χ0) is 14.8. The van der Waals surface area contributed by atoms with Gasteiger partial charge in [0.25, 0.3) is 0 Å². The van der Waals surface area contributed by atoms with Crippen molar-refractivity contribution < 1.29 is 14.3 Å². The van der Waals surface area contributed by atoms with Crippen LogP contribution in [0.4, 0.5) is 0 Å². The second-order valence-electron chi connectivity index (χ2n) is 5.76. The summed E-state index contributed by atoms with van der Waals surface area (Å²) in [5.74, 6) is 0.572. The SMILES string of the molecule is CC(C)(C)NCc1ccc(-c2cccc(C(=O)O)c2)o1.Cl. The van der Waals surface area contributed by atoms with Crippen LogP contribution in [0.5, 0.6) is 0 Å². The standard InChI is InChI=1S/C16H19NO3.ClH/c1-16(2,3)17-10-13-7-8-14(20-13)11-5-4-6-12(9-11)15(18)19;/h4-9,17H,10H2,1-3H3,(H,18,19);1H. The summed E-state index contributed by atoms with van der Waals surface area (Å²) in [6.07, 6.45) is 0. The summed E-state index contributed by atoms with van der Waals surface area (Å²) in [5.41, 5.74) is 1.05. The Balaban J connectivity index is 0.00000220. The number of rotatable bonds is 4. The average molecular weight is 310 g/mol. The molecule has 0 bridgehead atoms. The first-order chi connectivity index (χ1) is 9.35. The van der Waals surface area contributed by atoms with Gasteiger partial charge in [0.2, 0.25) is 0 Å². The summed E-state index contributed by atoms with van der Waals surface area (Å²) in [6, 6.07) is 10.5. The molecule has 0 saturated carbocycles. The van der Waals surface area contributed by atoms with Crippen molar-refractivity contribution in [1.82, 2.24) is 5.32 Å². The molecule has 2 N–H and O–H groups in total. The number of halogens is 1. The van der Waals surface area contributed by atoms with E-state index in [9.17, 15) is 4.79 Å². The van der Waals surface area contributed by atoms with Gasteiger partial charge in [0.05, 0.1) is 12.1 Å². The van der Waals surface area contributed by atoms with Crippen molar-refractivity contribution in [2.75, 3.05) is 0 Å². The zero-order valence-corrected chi connectivity index (χ0v) is 13.2. The molecule has 0 unspecified atom stereocenters. The number of hydrogen-bond donors (Lipinski definition) is 2. The van der Waals surface area contributed by atoms with E-state index >= 15 is 0 Å². The topological polar surface area (TPSA) is 62.5 Å². The number of carboxylic acids is 1. The molecule has 0 saturated heterocycles. The van der Waals surface area contributed by atoms with Crippen LogP contribution in [0.2, 0.25) is 0 Å². The highest BCUT2D eigenvalue weighted by Gasteiger charge is 2.11. The van der Waals surface area contributed by atoms with Crippen LogP contribution in [0, 0.1) is 0 Å². The number of benzene rings is 1. The molecule has 0 aliphatic rings. The minimum Gasteiger partial charge on any atom is -0.478 e. The molecule has 0 atom stereocenters. The summed E-state index contributed by atoms with van der Waals surface area (Å²) < 4.78 is 5.74. The van der Waals surface area contributed by atoms with Crippen LogP contribution >= 0.6 is 12.4 Å². The molecule has 0 radical (unpaired) electrons. The van der Waals surface area contributed by atoms with Crippen molar-refractivity contribution in [2.24, 2.45) is 0 Å². The van der Waals surface area contributed by atoms with Crippen LogP contribution in [0.25, 0.3) is 11.3 Å². The normalized spacial score (nSPS) is 11.0. The number of carbonyl (C=O) groups is 1. The fourth-order valence-corrected chi connectivity index (χ4v) is 1.79. The van der Waals surface area contributed by atoms with Crippen LogP contribution in [0.1, 0.15) is 36.9 Å². The van der Waals surface area contributed by atoms with Crippen molar-refractivity contribution in [2.45, 2.75) is 32.9 Å². The molecule has 0 aliphatic carbocycles. The summed E-state index contributed by atoms with van der Waals surface area (Å²) in [6.45, 7) is 6.91. The third kappa shape index (κ3) is 4.92. The van der Waals surface area contributed by atoms with Crippen molar-refractivity contribution in [3.63, 3.8) is 0 Å². The lowest BCUT2D eigenvalue weighted by atomic mass is 10.1. The fourth-order valence-electron chi connectivity index (χ4n) is 1.79.